The number of anilines is 1. The minimum Gasteiger partial charge on any atom is -0.335 e. The van der Waals surface area contributed by atoms with E-state index in [1.165, 1.54) is 4.88 Å². The van der Waals surface area contributed by atoms with Crippen LogP contribution in [0.25, 0.3) is 55.2 Å². The smallest absolute Gasteiger partial charge is 0.251 e. The predicted molar refractivity (Wildman–Crippen MR) is 160 cm³/mol. The highest BCUT2D eigenvalue weighted by molar-refractivity contribution is 7.15. The number of hydrogen-bond acceptors (Lipinski definition) is 7. The van der Waals surface area contributed by atoms with Crippen LogP contribution in [0.4, 0.5) is 5.69 Å². The number of imidazole rings is 1. The molecule has 0 aromatic carbocycles. The maximum absolute atomic E-state index is 12.6. The first-order valence-electron chi connectivity index (χ1n) is 12.5. The van der Waals surface area contributed by atoms with E-state index in [0.717, 1.165) is 43.7 Å². The molecule has 6 aromatic heterocycles. The van der Waals surface area contributed by atoms with E-state index in [-0.39, 0.29) is 5.91 Å². The fourth-order valence-electron chi connectivity index (χ4n) is 4.30. The Morgan fingerprint density at radius 2 is 1.90 bits per heavy atom. The van der Waals surface area contributed by atoms with Crippen LogP contribution in [0.2, 0.25) is 0 Å². The lowest BCUT2D eigenvalue weighted by Crippen LogP contribution is -2.12. The summed E-state index contributed by atoms with van der Waals surface area (Å²) in [6, 6.07) is 8.04. The van der Waals surface area contributed by atoms with Crippen molar-refractivity contribution in [3.8, 4) is 33.1 Å². The molecule has 0 spiro atoms. The number of allylic oxidation sites excluding steroid dienone is 4. The summed E-state index contributed by atoms with van der Waals surface area (Å²) in [7, 11) is 0. The fourth-order valence-corrected chi connectivity index (χ4v) is 5.18. The van der Waals surface area contributed by atoms with E-state index in [1.807, 2.05) is 18.3 Å². The number of nitrogens with one attached hydrogen (secondary N) is 3. The molecule has 1 amide bonds. The van der Waals surface area contributed by atoms with Crippen LogP contribution in [-0.4, -0.2) is 41.0 Å². The summed E-state index contributed by atoms with van der Waals surface area (Å²) in [4.78, 5) is 36.5. The molecule has 0 aliphatic heterocycles. The van der Waals surface area contributed by atoms with Crippen LogP contribution >= 0.6 is 11.3 Å². The lowest BCUT2D eigenvalue weighted by atomic mass is 10.1. The number of aromatic amines is 2. The second kappa shape index (κ2) is 10.5. The lowest BCUT2D eigenvalue weighted by molar-refractivity contribution is -0.112. The highest BCUT2D eigenvalue weighted by Gasteiger charge is 2.17. The van der Waals surface area contributed by atoms with Crippen LogP contribution < -0.4 is 5.32 Å². The molecule has 0 atom stereocenters. The highest BCUT2D eigenvalue weighted by Crippen LogP contribution is 2.34. The maximum Gasteiger partial charge on any atom is 0.251 e. The van der Waals surface area contributed by atoms with Crippen molar-refractivity contribution in [2.45, 2.75) is 13.8 Å². The molecule has 196 valence electrons. The number of nitrogens with zero attached hydrogens (tertiary/aromatic N) is 5. The third-order valence-electron chi connectivity index (χ3n) is 6.33. The summed E-state index contributed by atoms with van der Waals surface area (Å²) < 4.78 is 0. The Hall–Kier alpha value is -5.22. The molecular weight excluding hydrogens is 520 g/mol. The average Bonchev–Trinajstić information content (AvgIpc) is 3.70. The number of aromatic nitrogens is 7. The van der Waals surface area contributed by atoms with Gasteiger partial charge in [-0.25, -0.2) is 9.97 Å². The molecule has 0 radical (unpaired) electrons. The summed E-state index contributed by atoms with van der Waals surface area (Å²) in [6.45, 7) is 7.46. The molecule has 0 saturated heterocycles. The number of fused-ring (bicyclic) bond motifs is 2. The minimum absolute atomic E-state index is 0.213. The molecule has 0 unspecified atom stereocenters. The molecule has 0 bridgehead atoms. The van der Waals surface area contributed by atoms with Crippen molar-refractivity contribution < 1.29 is 4.79 Å². The summed E-state index contributed by atoms with van der Waals surface area (Å²) in [6.07, 6.45) is 15.6. The summed E-state index contributed by atoms with van der Waals surface area (Å²) in [5.41, 5.74) is 6.72. The van der Waals surface area contributed by atoms with Crippen LogP contribution in [0.3, 0.4) is 0 Å². The number of hydrogen-bond donors (Lipinski definition) is 3. The van der Waals surface area contributed by atoms with E-state index in [4.69, 9.17) is 4.98 Å². The zero-order chi connectivity index (χ0) is 27.6. The zero-order valence-electron chi connectivity index (χ0n) is 21.8. The molecule has 0 aliphatic rings. The van der Waals surface area contributed by atoms with Gasteiger partial charge in [0.2, 0.25) is 0 Å². The summed E-state index contributed by atoms with van der Waals surface area (Å²) >= 11 is 1.71. The molecule has 10 heteroatoms. The highest BCUT2D eigenvalue weighted by atomic mass is 32.1. The first-order chi connectivity index (χ1) is 19.5. The van der Waals surface area contributed by atoms with Gasteiger partial charge in [0, 0.05) is 50.6 Å². The number of carbonyl (C=O) groups is 1. The van der Waals surface area contributed by atoms with Crippen LogP contribution in [0.15, 0.2) is 91.7 Å². The number of rotatable bonds is 7. The van der Waals surface area contributed by atoms with Gasteiger partial charge in [-0.15, -0.1) is 11.3 Å². The molecule has 3 N–H and O–H groups in total. The number of amides is 1. The van der Waals surface area contributed by atoms with Crippen molar-refractivity contribution in [1.29, 1.82) is 0 Å². The van der Waals surface area contributed by atoms with Crippen LogP contribution in [0, 0.1) is 6.92 Å². The number of pyridine rings is 3. The van der Waals surface area contributed by atoms with Crippen molar-refractivity contribution in [1.82, 2.24) is 35.1 Å². The molecule has 0 aliphatic carbocycles. The quantitative estimate of drug-likeness (QED) is 0.153. The van der Waals surface area contributed by atoms with Gasteiger partial charge in [-0.05, 0) is 38.1 Å². The molecule has 6 aromatic rings. The number of carbonyl (C=O) groups excluding carboxylic acids is 1. The van der Waals surface area contributed by atoms with Gasteiger partial charge in [-0.2, -0.15) is 5.10 Å². The zero-order valence-corrected chi connectivity index (χ0v) is 22.6. The molecule has 0 fully saturated rings. The Balaban J connectivity index is 1.34. The topological polar surface area (TPSA) is 125 Å². The first-order valence-corrected chi connectivity index (χ1v) is 13.3. The van der Waals surface area contributed by atoms with Crippen LogP contribution in [-0.2, 0) is 4.79 Å². The Bertz CT molecular complexity index is 1960. The van der Waals surface area contributed by atoms with Gasteiger partial charge in [0.15, 0.2) is 11.5 Å². The normalized spacial score (nSPS) is 12.0. The summed E-state index contributed by atoms with van der Waals surface area (Å²) in [5.74, 6) is 0.431. The first kappa shape index (κ1) is 25.1. The van der Waals surface area contributed by atoms with Crippen molar-refractivity contribution in [3.05, 3.63) is 96.6 Å². The van der Waals surface area contributed by atoms with Gasteiger partial charge in [0.05, 0.1) is 29.0 Å². The number of thiophene rings is 1. The monoisotopic (exact) mass is 544 g/mol. The molecule has 6 rings (SSSR count). The van der Waals surface area contributed by atoms with Crippen LogP contribution in [0.1, 0.15) is 11.8 Å². The Morgan fingerprint density at radius 3 is 2.73 bits per heavy atom. The molecule has 0 saturated carbocycles. The second-order valence-corrected chi connectivity index (χ2v) is 10.4. The molecular formula is C30H24N8OS. The van der Waals surface area contributed by atoms with E-state index in [2.05, 4.69) is 61.1 Å². The minimum atomic E-state index is -0.213. The number of H-pyrrole nitrogens is 2. The van der Waals surface area contributed by atoms with E-state index in [0.29, 0.717) is 22.7 Å². The van der Waals surface area contributed by atoms with Crippen LogP contribution in [0.5, 0.6) is 0 Å². The van der Waals surface area contributed by atoms with E-state index in [1.54, 1.807) is 67.4 Å². The Labute approximate surface area is 233 Å². The molecule has 40 heavy (non-hydrogen) atoms. The molecule has 9 nitrogen and oxygen atoms in total. The van der Waals surface area contributed by atoms with E-state index < -0.39 is 0 Å². The van der Waals surface area contributed by atoms with Crippen molar-refractivity contribution in [2.75, 3.05) is 5.32 Å². The van der Waals surface area contributed by atoms with Gasteiger partial charge in [0.1, 0.15) is 11.2 Å². The standard InChI is InChI=1S/C30H24N8OS/c1-4-5-6-7-17(2)30(39)34-21-10-19(12-31-14-21)20-11-22-27(37-38-28(22)33-13-20)29-35-24-16-32-15-23(26(24)36-29)25-9-8-18(3)40-25/h4-16H,1H2,2-3H3,(H,34,39)(H,35,36)(H,33,37,38)/b6-5-,17-7+. The van der Waals surface area contributed by atoms with Crippen molar-refractivity contribution in [3.63, 3.8) is 0 Å². The third-order valence-corrected chi connectivity index (χ3v) is 7.36. The third kappa shape index (κ3) is 4.83. The van der Waals surface area contributed by atoms with Crippen molar-refractivity contribution in [2.24, 2.45) is 0 Å². The van der Waals surface area contributed by atoms with Gasteiger partial charge in [-0.3, -0.25) is 19.9 Å². The van der Waals surface area contributed by atoms with Gasteiger partial charge < -0.3 is 10.3 Å². The molecule has 6 heterocycles. The van der Waals surface area contributed by atoms with Gasteiger partial charge >= 0.3 is 0 Å². The summed E-state index contributed by atoms with van der Waals surface area (Å²) in [5, 5.41) is 11.2. The predicted octanol–water partition coefficient (Wildman–Crippen LogP) is 6.62. The Kier molecular flexibility index (Phi) is 6.59. The van der Waals surface area contributed by atoms with Crippen molar-refractivity contribution >= 4 is 45.0 Å². The van der Waals surface area contributed by atoms with E-state index >= 15 is 0 Å². The fraction of sp³-hybridized carbons (Fsp3) is 0.0667. The number of aryl methyl sites for hydroxylation is 1. The Morgan fingerprint density at radius 1 is 1.05 bits per heavy atom. The SMILES string of the molecule is C=C/C=C\C=C(/C)C(=O)Nc1cncc(-c2cnc3n[nH]c(-c4nc5c(-c6ccc(C)s6)cncc5[nH]4)c3c2)c1. The van der Waals surface area contributed by atoms with Gasteiger partial charge in [0.25, 0.3) is 5.91 Å². The van der Waals surface area contributed by atoms with E-state index in [9.17, 15) is 4.79 Å². The maximum atomic E-state index is 12.6. The lowest BCUT2D eigenvalue weighted by Gasteiger charge is -2.07. The average molecular weight is 545 g/mol. The van der Waals surface area contributed by atoms with Gasteiger partial charge in [-0.1, -0.05) is 30.9 Å². The largest absolute Gasteiger partial charge is 0.335 e. The second-order valence-electron chi connectivity index (χ2n) is 9.16.